The lowest BCUT2D eigenvalue weighted by atomic mass is 9.98. The van der Waals surface area contributed by atoms with Gasteiger partial charge in [-0.1, -0.05) is 35.3 Å². The van der Waals surface area contributed by atoms with Crippen LogP contribution in [-0.2, 0) is 27.1 Å². The van der Waals surface area contributed by atoms with E-state index in [9.17, 15) is 13.2 Å². The average molecular weight is 501 g/mol. The van der Waals surface area contributed by atoms with E-state index >= 15 is 0 Å². The number of carbonyl (C=O) groups excluding carboxylic acids is 1. The standard InChI is InChI=1S/C22H26Cl2N2O5S/c1-30-20-8-5-15(10-21(20)31-2)12-25-22(27)16-4-3-9-26(13-16)32(28,29)14-17-6-7-18(23)11-19(17)24/h5-8,10-11,16H,3-4,9,12-14H2,1-2H3,(H,25,27)/t16-/m1/s1. The van der Waals surface area contributed by atoms with Crippen LogP contribution in [0.1, 0.15) is 24.0 Å². The molecule has 1 N–H and O–H groups in total. The number of nitrogens with zero attached hydrogens (tertiary/aromatic N) is 1. The van der Waals surface area contributed by atoms with Crippen molar-refractivity contribution < 1.29 is 22.7 Å². The molecule has 1 fully saturated rings. The number of ether oxygens (including phenoxy) is 2. The Morgan fingerprint density at radius 3 is 2.56 bits per heavy atom. The molecule has 0 aliphatic carbocycles. The maximum absolute atomic E-state index is 12.9. The fourth-order valence-corrected chi connectivity index (χ4v) is 5.86. The summed E-state index contributed by atoms with van der Waals surface area (Å²) in [6.07, 6.45) is 1.24. The summed E-state index contributed by atoms with van der Waals surface area (Å²) in [5, 5.41) is 3.65. The first kappa shape index (κ1) is 24.6. The van der Waals surface area contributed by atoms with Crippen LogP contribution >= 0.6 is 23.2 Å². The number of nitrogens with one attached hydrogen (secondary N) is 1. The number of methoxy groups -OCH3 is 2. The Hall–Kier alpha value is -2.00. The Kier molecular flexibility index (Phi) is 8.27. The summed E-state index contributed by atoms with van der Waals surface area (Å²) < 4.78 is 37.8. The molecular formula is C22H26Cl2N2O5S. The van der Waals surface area contributed by atoms with Crippen LogP contribution in [0.5, 0.6) is 11.5 Å². The molecule has 1 aliphatic heterocycles. The van der Waals surface area contributed by atoms with Crippen LogP contribution < -0.4 is 14.8 Å². The Bertz CT molecular complexity index is 1080. The Morgan fingerprint density at radius 1 is 1.12 bits per heavy atom. The van der Waals surface area contributed by atoms with E-state index in [1.807, 2.05) is 6.07 Å². The highest BCUT2D eigenvalue weighted by Crippen LogP contribution is 2.28. The van der Waals surface area contributed by atoms with E-state index in [2.05, 4.69) is 5.32 Å². The molecule has 1 atom stereocenters. The first-order valence-electron chi connectivity index (χ1n) is 10.1. The summed E-state index contributed by atoms with van der Waals surface area (Å²) in [6.45, 7) is 0.834. The highest BCUT2D eigenvalue weighted by Gasteiger charge is 2.32. The molecule has 10 heteroatoms. The summed E-state index contributed by atoms with van der Waals surface area (Å²) in [6, 6.07) is 10.2. The molecule has 2 aromatic carbocycles. The van der Waals surface area contributed by atoms with E-state index < -0.39 is 15.9 Å². The highest BCUT2D eigenvalue weighted by molar-refractivity contribution is 7.88. The summed E-state index contributed by atoms with van der Waals surface area (Å²) >= 11 is 12.0. The quantitative estimate of drug-likeness (QED) is 0.594. The summed E-state index contributed by atoms with van der Waals surface area (Å²) in [7, 11) is -0.518. The van der Waals surface area contributed by atoms with Gasteiger partial charge in [0.05, 0.1) is 25.9 Å². The van der Waals surface area contributed by atoms with E-state index in [0.717, 1.165) is 5.56 Å². The molecule has 2 aromatic rings. The van der Waals surface area contributed by atoms with E-state index in [4.69, 9.17) is 32.7 Å². The van der Waals surface area contributed by atoms with Gasteiger partial charge in [-0.3, -0.25) is 4.79 Å². The Balaban J connectivity index is 1.61. The number of amides is 1. The first-order chi connectivity index (χ1) is 15.2. The van der Waals surface area contributed by atoms with Gasteiger partial charge in [-0.15, -0.1) is 0 Å². The number of rotatable bonds is 8. The maximum Gasteiger partial charge on any atom is 0.224 e. The second-order valence-electron chi connectivity index (χ2n) is 7.60. The molecular weight excluding hydrogens is 475 g/mol. The molecule has 0 saturated carbocycles. The number of hydrogen-bond acceptors (Lipinski definition) is 5. The molecule has 1 saturated heterocycles. The van der Waals surface area contributed by atoms with Crippen molar-refractivity contribution in [1.29, 1.82) is 0 Å². The van der Waals surface area contributed by atoms with Gasteiger partial charge in [-0.25, -0.2) is 12.7 Å². The van der Waals surface area contributed by atoms with Gasteiger partial charge in [0.25, 0.3) is 0 Å². The largest absolute Gasteiger partial charge is 0.493 e. The predicted octanol–water partition coefficient (Wildman–Crippen LogP) is 3.87. The topological polar surface area (TPSA) is 84.9 Å². The van der Waals surface area contributed by atoms with E-state index in [-0.39, 0.29) is 18.2 Å². The van der Waals surface area contributed by atoms with Crippen LogP contribution in [0.25, 0.3) is 0 Å². The van der Waals surface area contributed by atoms with Crippen molar-refractivity contribution >= 4 is 39.1 Å². The van der Waals surface area contributed by atoms with E-state index in [0.29, 0.717) is 53.0 Å². The monoisotopic (exact) mass is 500 g/mol. The summed E-state index contributed by atoms with van der Waals surface area (Å²) in [5.41, 5.74) is 1.34. The number of sulfonamides is 1. The molecule has 0 radical (unpaired) electrons. The molecule has 1 heterocycles. The third-order valence-electron chi connectivity index (χ3n) is 5.42. The minimum Gasteiger partial charge on any atom is -0.493 e. The molecule has 0 aromatic heterocycles. The molecule has 0 bridgehead atoms. The van der Waals surface area contributed by atoms with Crippen LogP contribution in [0.2, 0.25) is 10.0 Å². The van der Waals surface area contributed by atoms with Crippen molar-refractivity contribution in [3.63, 3.8) is 0 Å². The second kappa shape index (κ2) is 10.7. The SMILES string of the molecule is COc1ccc(CNC(=O)[C@@H]2CCCN(S(=O)(=O)Cc3ccc(Cl)cc3Cl)C2)cc1OC. The molecule has 32 heavy (non-hydrogen) atoms. The van der Waals surface area contributed by atoms with Crippen molar-refractivity contribution in [2.45, 2.75) is 25.1 Å². The van der Waals surface area contributed by atoms with Crippen molar-refractivity contribution in [3.05, 3.63) is 57.6 Å². The molecule has 1 aliphatic rings. The number of benzene rings is 2. The smallest absolute Gasteiger partial charge is 0.224 e. The fourth-order valence-electron chi connectivity index (χ4n) is 3.66. The van der Waals surface area contributed by atoms with Crippen LogP contribution in [0.3, 0.4) is 0 Å². The molecule has 174 valence electrons. The van der Waals surface area contributed by atoms with Gasteiger partial charge in [0.2, 0.25) is 15.9 Å². The first-order valence-corrected chi connectivity index (χ1v) is 12.5. The third-order valence-corrected chi connectivity index (χ3v) is 7.80. The Labute approximate surface area is 198 Å². The van der Waals surface area contributed by atoms with Crippen LogP contribution in [0, 0.1) is 5.92 Å². The van der Waals surface area contributed by atoms with Crippen molar-refractivity contribution in [2.75, 3.05) is 27.3 Å². The van der Waals surface area contributed by atoms with E-state index in [1.165, 1.54) is 10.4 Å². The number of carbonyl (C=O) groups is 1. The third kappa shape index (κ3) is 6.07. The van der Waals surface area contributed by atoms with Crippen LogP contribution in [-0.4, -0.2) is 45.9 Å². The highest BCUT2D eigenvalue weighted by atomic mass is 35.5. The zero-order valence-corrected chi connectivity index (χ0v) is 20.3. The zero-order valence-electron chi connectivity index (χ0n) is 17.9. The van der Waals surface area contributed by atoms with Gasteiger partial charge >= 0.3 is 0 Å². The van der Waals surface area contributed by atoms with Gasteiger partial charge in [-0.05, 0) is 48.2 Å². The zero-order chi connectivity index (χ0) is 23.3. The lowest BCUT2D eigenvalue weighted by Crippen LogP contribution is -2.45. The molecule has 0 unspecified atom stereocenters. The van der Waals surface area contributed by atoms with Gasteiger partial charge in [0.15, 0.2) is 11.5 Å². The van der Waals surface area contributed by atoms with Crippen molar-refractivity contribution in [2.24, 2.45) is 5.92 Å². The van der Waals surface area contributed by atoms with Gasteiger partial charge in [-0.2, -0.15) is 0 Å². The minimum atomic E-state index is -3.63. The Morgan fingerprint density at radius 2 is 1.88 bits per heavy atom. The summed E-state index contributed by atoms with van der Waals surface area (Å²) in [4.78, 5) is 12.7. The van der Waals surface area contributed by atoms with Gasteiger partial charge in [0, 0.05) is 29.7 Å². The number of piperidine rings is 1. The predicted molar refractivity (Wildman–Crippen MR) is 125 cm³/mol. The van der Waals surface area contributed by atoms with Gasteiger partial charge in [0.1, 0.15) is 0 Å². The maximum atomic E-state index is 12.9. The normalized spacial score (nSPS) is 17.1. The fraction of sp³-hybridized carbons (Fsp3) is 0.409. The number of hydrogen-bond donors (Lipinski definition) is 1. The number of halogens is 2. The lowest BCUT2D eigenvalue weighted by molar-refractivity contribution is -0.126. The molecule has 1 amide bonds. The molecule has 0 spiro atoms. The lowest BCUT2D eigenvalue weighted by Gasteiger charge is -2.31. The van der Waals surface area contributed by atoms with Crippen molar-refractivity contribution in [3.8, 4) is 11.5 Å². The minimum absolute atomic E-state index is 0.144. The average Bonchev–Trinajstić information content (AvgIpc) is 2.79. The van der Waals surface area contributed by atoms with E-state index in [1.54, 1.807) is 38.5 Å². The van der Waals surface area contributed by atoms with Crippen molar-refractivity contribution in [1.82, 2.24) is 9.62 Å². The second-order valence-corrected chi connectivity index (χ2v) is 10.4. The van der Waals surface area contributed by atoms with Crippen LogP contribution in [0.15, 0.2) is 36.4 Å². The molecule has 7 nitrogen and oxygen atoms in total. The summed E-state index contributed by atoms with van der Waals surface area (Å²) in [5.74, 6) is 0.360. The molecule has 3 rings (SSSR count). The van der Waals surface area contributed by atoms with Crippen LogP contribution in [0.4, 0.5) is 0 Å². The van der Waals surface area contributed by atoms with Gasteiger partial charge < -0.3 is 14.8 Å².